The van der Waals surface area contributed by atoms with E-state index in [0.29, 0.717) is 28.0 Å². The van der Waals surface area contributed by atoms with Crippen molar-refractivity contribution < 1.29 is 13.9 Å². The van der Waals surface area contributed by atoms with Gasteiger partial charge in [0.25, 0.3) is 5.91 Å². The van der Waals surface area contributed by atoms with E-state index in [1.54, 1.807) is 0 Å². The minimum absolute atomic E-state index is 0.0108. The number of fused-ring (bicyclic) bond motifs is 1. The second kappa shape index (κ2) is 9.65. The number of amides is 1. The second-order valence-electron chi connectivity index (χ2n) is 10.5. The van der Waals surface area contributed by atoms with Crippen LogP contribution in [0.15, 0.2) is 63.8 Å². The van der Waals surface area contributed by atoms with Gasteiger partial charge in [0.05, 0.1) is 5.39 Å². The number of aryl methyl sites for hydroxylation is 4. The summed E-state index contributed by atoms with van der Waals surface area (Å²) in [5, 5.41) is 3.27. The van der Waals surface area contributed by atoms with Gasteiger partial charge in [0.1, 0.15) is 5.58 Å². The van der Waals surface area contributed by atoms with Crippen molar-refractivity contribution in [1.29, 1.82) is 0 Å². The molecule has 0 aliphatic heterocycles. The van der Waals surface area contributed by atoms with Gasteiger partial charge in [0.15, 0.2) is 12.4 Å². The molecule has 4 rings (SSSR count). The zero-order chi connectivity index (χ0) is 26.2. The Kier molecular flexibility index (Phi) is 6.77. The molecule has 4 aromatic rings. The molecule has 0 radical (unpaired) electrons. The smallest absolute Gasteiger partial charge is 0.262 e. The van der Waals surface area contributed by atoms with Crippen molar-refractivity contribution in [1.82, 2.24) is 0 Å². The lowest BCUT2D eigenvalue weighted by Crippen LogP contribution is -2.22. The third kappa shape index (κ3) is 5.20. The fourth-order valence-corrected chi connectivity index (χ4v) is 4.03. The normalized spacial score (nSPS) is 11.5. The quantitative estimate of drug-likeness (QED) is 0.332. The number of nitrogens with one attached hydrogen (secondary N) is 1. The third-order valence-electron chi connectivity index (χ3n) is 6.62. The van der Waals surface area contributed by atoms with Crippen LogP contribution in [0.25, 0.3) is 22.3 Å². The van der Waals surface area contributed by atoms with Crippen LogP contribution in [0.2, 0.25) is 0 Å². The van der Waals surface area contributed by atoms with Crippen molar-refractivity contribution in [2.45, 2.75) is 53.9 Å². The lowest BCUT2D eigenvalue weighted by Gasteiger charge is -2.19. The maximum Gasteiger partial charge on any atom is 0.262 e. The van der Waals surface area contributed by atoms with Crippen LogP contribution in [0.1, 0.15) is 48.6 Å². The van der Waals surface area contributed by atoms with E-state index in [9.17, 15) is 9.59 Å². The minimum Gasteiger partial charge on any atom is -0.476 e. The van der Waals surface area contributed by atoms with Gasteiger partial charge < -0.3 is 14.5 Å². The first-order chi connectivity index (χ1) is 16.9. The van der Waals surface area contributed by atoms with Crippen molar-refractivity contribution >= 4 is 22.6 Å². The van der Waals surface area contributed by atoms with Crippen molar-refractivity contribution in [3.63, 3.8) is 0 Å². The van der Waals surface area contributed by atoms with Crippen LogP contribution in [0.3, 0.4) is 0 Å². The standard InChI is InChI=1S/C31H33NO4/c1-18-8-13-24(14-19(18)2)32-27(33)17-35-30-28(34)25-15-20(3)21(4)16-26(25)36-29(30)22-9-11-23(12-10-22)31(5,6)7/h8-16H,17H2,1-7H3,(H,32,33). The second-order valence-corrected chi connectivity index (χ2v) is 10.5. The van der Waals surface area contributed by atoms with Crippen molar-refractivity contribution in [2.24, 2.45) is 0 Å². The fourth-order valence-electron chi connectivity index (χ4n) is 4.03. The lowest BCUT2D eigenvalue weighted by atomic mass is 9.86. The molecule has 0 aliphatic rings. The maximum absolute atomic E-state index is 13.5. The molecule has 0 saturated heterocycles. The fraction of sp³-hybridized carbons (Fsp3) is 0.290. The zero-order valence-electron chi connectivity index (χ0n) is 22.0. The molecule has 1 heterocycles. The highest BCUT2D eigenvalue weighted by molar-refractivity contribution is 5.92. The summed E-state index contributed by atoms with van der Waals surface area (Å²) in [6, 6.07) is 17.3. The molecule has 1 aromatic heterocycles. The third-order valence-corrected chi connectivity index (χ3v) is 6.62. The number of hydrogen-bond acceptors (Lipinski definition) is 4. The molecule has 186 valence electrons. The first kappa shape index (κ1) is 25.2. The van der Waals surface area contributed by atoms with Crippen LogP contribution in [-0.2, 0) is 10.2 Å². The molecule has 0 aliphatic carbocycles. The first-order valence-electron chi connectivity index (χ1n) is 12.1. The summed E-state index contributed by atoms with van der Waals surface area (Å²) in [4.78, 5) is 26.2. The van der Waals surface area contributed by atoms with Gasteiger partial charge in [0.2, 0.25) is 11.2 Å². The van der Waals surface area contributed by atoms with Gasteiger partial charge in [-0.1, -0.05) is 51.1 Å². The van der Waals surface area contributed by atoms with Gasteiger partial charge in [0, 0.05) is 11.3 Å². The Morgan fingerprint density at radius 2 is 1.50 bits per heavy atom. The van der Waals surface area contributed by atoms with Crippen molar-refractivity contribution in [3.05, 3.63) is 92.6 Å². The number of carbonyl (C=O) groups excluding carboxylic acids is 1. The van der Waals surface area contributed by atoms with Gasteiger partial charge in [-0.05, 0) is 85.2 Å². The Labute approximate surface area is 212 Å². The molecule has 3 aromatic carbocycles. The molecule has 0 unspecified atom stereocenters. The lowest BCUT2D eigenvalue weighted by molar-refractivity contribution is -0.118. The summed E-state index contributed by atoms with van der Waals surface area (Å²) in [6.45, 7) is 14.1. The Morgan fingerprint density at radius 1 is 0.861 bits per heavy atom. The van der Waals surface area contributed by atoms with Gasteiger partial charge in [-0.25, -0.2) is 0 Å². The topological polar surface area (TPSA) is 68.5 Å². The van der Waals surface area contributed by atoms with Crippen LogP contribution >= 0.6 is 0 Å². The molecule has 5 heteroatoms. The molecule has 0 atom stereocenters. The summed E-state index contributed by atoms with van der Waals surface area (Å²) in [5.41, 5.74) is 6.97. The Balaban J connectivity index is 1.72. The summed E-state index contributed by atoms with van der Waals surface area (Å²) in [7, 11) is 0. The molecule has 0 fully saturated rings. The highest BCUT2D eigenvalue weighted by atomic mass is 16.5. The maximum atomic E-state index is 13.5. The van der Waals surface area contributed by atoms with E-state index >= 15 is 0 Å². The van der Waals surface area contributed by atoms with Crippen LogP contribution in [-0.4, -0.2) is 12.5 Å². The number of benzene rings is 3. The number of rotatable bonds is 5. The molecule has 1 amide bonds. The molecular weight excluding hydrogens is 450 g/mol. The zero-order valence-corrected chi connectivity index (χ0v) is 22.0. The summed E-state index contributed by atoms with van der Waals surface area (Å²) in [6.07, 6.45) is 0. The molecule has 0 saturated carbocycles. The number of ether oxygens (including phenoxy) is 1. The van der Waals surface area contributed by atoms with E-state index in [1.165, 1.54) is 0 Å². The molecular formula is C31H33NO4. The van der Waals surface area contributed by atoms with Gasteiger partial charge in [-0.2, -0.15) is 0 Å². The van der Waals surface area contributed by atoms with Crippen LogP contribution in [0, 0.1) is 27.7 Å². The van der Waals surface area contributed by atoms with E-state index < -0.39 is 0 Å². The molecule has 36 heavy (non-hydrogen) atoms. The van der Waals surface area contributed by atoms with Crippen molar-refractivity contribution in [2.75, 3.05) is 11.9 Å². The van der Waals surface area contributed by atoms with E-state index in [0.717, 1.165) is 27.8 Å². The number of hydrogen-bond donors (Lipinski definition) is 1. The highest BCUT2D eigenvalue weighted by Gasteiger charge is 2.21. The summed E-state index contributed by atoms with van der Waals surface area (Å²) < 4.78 is 12.1. The summed E-state index contributed by atoms with van der Waals surface area (Å²) in [5.74, 6) is -0.00782. The number of anilines is 1. The molecule has 5 nitrogen and oxygen atoms in total. The van der Waals surface area contributed by atoms with E-state index in [-0.39, 0.29) is 29.1 Å². The SMILES string of the molecule is Cc1ccc(NC(=O)COc2c(-c3ccc(C(C)(C)C)cc3)oc3cc(C)c(C)cc3c2=O)cc1C. The van der Waals surface area contributed by atoms with E-state index in [4.69, 9.17) is 9.15 Å². The predicted molar refractivity (Wildman–Crippen MR) is 146 cm³/mol. The molecule has 0 bridgehead atoms. The average Bonchev–Trinajstić information content (AvgIpc) is 2.81. The van der Waals surface area contributed by atoms with E-state index in [1.807, 2.05) is 82.3 Å². The predicted octanol–water partition coefficient (Wildman–Crippen LogP) is 7.01. The van der Waals surface area contributed by atoms with Crippen LogP contribution in [0.4, 0.5) is 5.69 Å². The van der Waals surface area contributed by atoms with Gasteiger partial charge in [-0.15, -0.1) is 0 Å². The monoisotopic (exact) mass is 483 g/mol. The van der Waals surface area contributed by atoms with Gasteiger partial charge >= 0.3 is 0 Å². The molecule has 1 N–H and O–H groups in total. The van der Waals surface area contributed by atoms with Gasteiger partial charge in [-0.3, -0.25) is 9.59 Å². The molecule has 0 spiro atoms. The average molecular weight is 484 g/mol. The Bertz CT molecular complexity index is 1510. The first-order valence-corrected chi connectivity index (χ1v) is 12.1. The Morgan fingerprint density at radius 3 is 2.14 bits per heavy atom. The van der Waals surface area contributed by atoms with Crippen molar-refractivity contribution in [3.8, 4) is 17.1 Å². The Hall–Kier alpha value is -3.86. The minimum atomic E-state index is -0.355. The van der Waals surface area contributed by atoms with Crippen LogP contribution in [0.5, 0.6) is 5.75 Å². The highest BCUT2D eigenvalue weighted by Crippen LogP contribution is 2.33. The largest absolute Gasteiger partial charge is 0.476 e. The van der Waals surface area contributed by atoms with E-state index in [2.05, 4.69) is 26.1 Å². The summed E-state index contributed by atoms with van der Waals surface area (Å²) >= 11 is 0. The number of carbonyl (C=O) groups is 1. The van der Waals surface area contributed by atoms with Crippen LogP contribution < -0.4 is 15.5 Å².